The fourth-order valence-electron chi connectivity index (χ4n) is 1.44. The molecule has 0 amide bonds. The molecule has 1 aromatic rings. The minimum Gasteiger partial charge on any atom is -0.133 e. The molecule has 0 spiro atoms. The van der Waals surface area contributed by atoms with Crippen LogP contribution in [0.5, 0.6) is 0 Å². The molecule has 0 atom stereocenters. The van der Waals surface area contributed by atoms with Gasteiger partial charge >= 0.3 is 0 Å². The van der Waals surface area contributed by atoms with Gasteiger partial charge in [0.1, 0.15) is 0 Å². The van der Waals surface area contributed by atoms with Crippen molar-refractivity contribution in [1.29, 1.82) is 0 Å². The van der Waals surface area contributed by atoms with Crippen LogP contribution < -0.4 is 0 Å². The number of aryl methyl sites for hydroxylation is 1. The summed E-state index contributed by atoms with van der Waals surface area (Å²) in [4.78, 5) is 0. The summed E-state index contributed by atoms with van der Waals surface area (Å²) < 4.78 is 0. The van der Waals surface area contributed by atoms with E-state index in [1.807, 2.05) is 0 Å². The molecule has 0 aliphatic carbocycles. The second-order valence-corrected chi connectivity index (χ2v) is 4.15. The predicted molar refractivity (Wildman–Crippen MR) is 59.1 cm³/mol. The maximum absolute atomic E-state index is 3.23. The molecule has 0 saturated heterocycles. The van der Waals surface area contributed by atoms with Gasteiger partial charge in [0.05, 0.1) is 0 Å². The monoisotopic (exact) mass is 194 g/mol. The van der Waals surface area contributed by atoms with Crippen LogP contribution in [0.2, 0.25) is 0 Å². The van der Waals surface area contributed by atoms with Gasteiger partial charge in [0, 0.05) is 10.8 Å². The fourth-order valence-corrected chi connectivity index (χ4v) is 2.00. The van der Waals surface area contributed by atoms with Crippen LogP contribution >= 0.6 is 11.3 Å². The zero-order valence-electron chi connectivity index (χ0n) is 8.44. The van der Waals surface area contributed by atoms with Crippen LogP contribution in [0.25, 0.3) is 0 Å². The third kappa shape index (κ3) is 5.09. The lowest BCUT2D eigenvalue weighted by Crippen LogP contribution is -1.83. The van der Waals surface area contributed by atoms with Gasteiger partial charge in [-0.1, -0.05) is 39.0 Å². The smallest absolute Gasteiger partial charge is 0.0484 e. The lowest BCUT2D eigenvalue weighted by molar-refractivity contribution is 0.608. The number of unbranched alkanes of at least 4 members (excludes halogenated alkanes) is 5. The molecule has 0 fully saturated rings. The molecule has 0 bridgehead atoms. The third-order valence-corrected chi connectivity index (χ3v) is 2.87. The van der Waals surface area contributed by atoms with Crippen molar-refractivity contribution in [3.63, 3.8) is 0 Å². The molecule has 0 nitrogen and oxygen atoms in total. The van der Waals surface area contributed by atoms with Crippen LogP contribution in [0.1, 0.15) is 51.0 Å². The zero-order chi connectivity index (χ0) is 9.36. The molecule has 0 unspecified atom stereocenters. The average molecular weight is 194 g/mol. The molecule has 0 aromatic carbocycles. The Labute approximate surface area is 86.0 Å². The van der Waals surface area contributed by atoms with E-state index in [4.69, 9.17) is 0 Å². The Balaban J connectivity index is 1.90. The van der Waals surface area contributed by atoms with Crippen molar-refractivity contribution in [2.45, 2.75) is 51.9 Å². The maximum atomic E-state index is 3.23. The topological polar surface area (TPSA) is 0 Å². The van der Waals surface area contributed by atoms with E-state index in [2.05, 4.69) is 23.8 Å². The molecule has 0 aliphatic heterocycles. The number of hydrogen-bond donors (Lipinski definition) is 0. The van der Waals surface area contributed by atoms with Crippen LogP contribution in [0, 0.1) is 10.8 Å². The van der Waals surface area contributed by atoms with Gasteiger partial charge in [-0.3, -0.25) is 0 Å². The predicted octanol–water partition coefficient (Wildman–Crippen LogP) is 4.25. The van der Waals surface area contributed by atoms with E-state index in [9.17, 15) is 0 Å². The first-order valence-corrected chi connectivity index (χ1v) is 6.11. The van der Waals surface area contributed by atoms with E-state index in [1.165, 1.54) is 50.5 Å². The number of thiophene rings is 1. The molecule has 1 heterocycles. The van der Waals surface area contributed by atoms with E-state index >= 15 is 0 Å². The highest BCUT2D eigenvalue weighted by Gasteiger charge is 1.94. The number of hydrogen-bond acceptors (Lipinski definition) is 1. The third-order valence-electron chi connectivity index (χ3n) is 2.27. The Morgan fingerprint density at radius 2 is 1.92 bits per heavy atom. The van der Waals surface area contributed by atoms with Crippen LogP contribution in [0.3, 0.4) is 0 Å². The summed E-state index contributed by atoms with van der Waals surface area (Å²) in [7, 11) is 0. The minimum atomic E-state index is 1.20. The van der Waals surface area contributed by atoms with Gasteiger partial charge in [-0.2, -0.15) is 0 Å². The van der Waals surface area contributed by atoms with Crippen molar-refractivity contribution < 1.29 is 0 Å². The normalized spacial score (nSPS) is 10.5. The second kappa shape index (κ2) is 7.14. The van der Waals surface area contributed by atoms with Crippen molar-refractivity contribution in [2.24, 2.45) is 0 Å². The molecular weight excluding hydrogens is 176 g/mol. The Hall–Kier alpha value is -0.300. The van der Waals surface area contributed by atoms with E-state index in [0.29, 0.717) is 0 Å². The molecule has 0 aliphatic rings. The first-order valence-electron chi connectivity index (χ1n) is 5.30. The summed E-state index contributed by atoms with van der Waals surface area (Å²) in [5.74, 6) is 0. The molecule has 0 N–H and O–H groups in total. The Bertz CT molecular complexity index is 189. The number of rotatable bonds is 7. The highest BCUT2D eigenvalue weighted by molar-refractivity contribution is 7.06. The minimum absolute atomic E-state index is 1.20. The Morgan fingerprint density at radius 1 is 1.15 bits per heavy atom. The molecule has 13 heavy (non-hydrogen) atoms. The largest absolute Gasteiger partial charge is 0.133 e. The van der Waals surface area contributed by atoms with Crippen LogP contribution in [0.15, 0.2) is 6.07 Å². The molecule has 1 heteroatoms. The van der Waals surface area contributed by atoms with E-state index in [1.54, 1.807) is 11.3 Å². The van der Waals surface area contributed by atoms with Crippen molar-refractivity contribution in [2.75, 3.05) is 0 Å². The van der Waals surface area contributed by atoms with Gasteiger partial charge in [-0.05, 0) is 24.5 Å². The van der Waals surface area contributed by atoms with Gasteiger partial charge < -0.3 is 0 Å². The van der Waals surface area contributed by atoms with Crippen molar-refractivity contribution in [3.8, 4) is 0 Å². The van der Waals surface area contributed by atoms with Crippen molar-refractivity contribution >= 4 is 11.3 Å². The molecule has 2 radical (unpaired) electrons. The Kier molecular flexibility index (Phi) is 5.92. The zero-order valence-corrected chi connectivity index (χ0v) is 9.25. The summed E-state index contributed by atoms with van der Waals surface area (Å²) in [5, 5.41) is 6.30. The first-order chi connectivity index (χ1) is 6.43. The van der Waals surface area contributed by atoms with E-state index in [0.717, 1.165) is 0 Å². The van der Waals surface area contributed by atoms with Gasteiger partial charge in [0.15, 0.2) is 0 Å². The standard InChI is InChI=1S/C12H18S/c1-2-3-4-5-6-7-8-12-9-10-13-11-12/h9H,2-8H2,1H3. The fraction of sp³-hybridized carbons (Fsp3) is 0.667. The summed E-state index contributed by atoms with van der Waals surface area (Å²) >= 11 is 1.56. The maximum Gasteiger partial charge on any atom is 0.0484 e. The summed E-state index contributed by atoms with van der Waals surface area (Å²) in [5.41, 5.74) is 1.35. The highest BCUT2D eigenvalue weighted by Crippen LogP contribution is 2.11. The molecular formula is C12H18S. The van der Waals surface area contributed by atoms with Gasteiger partial charge in [-0.15, -0.1) is 11.3 Å². The SMILES string of the molecule is CCCCCCCCc1[c]s[c]c1. The lowest BCUT2D eigenvalue weighted by Gasteiger charge is -1.98. The van der Waals surface area contributed by atoms with E-state index in [-0.39, 0.29) is 0 Å². The summed E-state index contributed by atoms with van der Waals surface area (Å²) in [6.07, 6.45) is 9.46. The first kappa shape index (κ1) is 10.8. The summed E-state index contributed by atoms with van der Waals surface area (Å²) in [6.45, 7) is 2.26. The summed E-state index contributed by atoms with van der Waals surface area (Å²) in [6, 6.07) is 2.07. The van der Waals surface area contributed by atoms with Crippen LogP contribution in [-0.4, -0.2) is 0 Å². The molecule has 72 valence electrons. The quantitative estimate of drug-likeness (QED) is 0.569. The second-order valence-electron chi connectivity index (χ2n) is 3.51. The average Bonchev–Trinajstić information content (AvgIpc) is 2.63. The lowest BCUT2D eigenvalue weighted by atomic mass is 10.1. The molecule has 0 saturated carbocycles. The van der Waals surface area contributed by atoms with Gasteiger partial charge in [0.2, 0.25) is 0 Å². The van der Waals surface area contributed by atoms with E-state index < -0.39 is 0 Å². The van der Waals surface area contributed by atoms with Crippen LogP contribution in [0.4, 0.5) is 0 Å². The Morgan fingerprint density at radius 3 is 2.62 bits per heavy atom. The van der Waals surface area contributed by atoms with Gasteiger partial charge in [0.25, 0.3) is 0 Å². The van der Waals surface area contributed by atoms with Crippen molar-refractivity contribution in [1.82, 2.24) is 0 Å². The molecule has 1 rings (SSSR count). The van der Waals surface area contributed by atoms with Crippen LogP contribution in [-0.2, 0) is 6.42 Å². The highest BCUT2D eigenvalue weighted by atomic mass is 32.1. The van der Waals surface area contributed by atoms with Gasteiger partial charge in [-0.25, -0.2) is 0 Å². The van der Waals surface area contributed by atoms with Crippen molar-refractivity contribution in [3.05, 3.63) is 22.4 Å². The molecule has 1 aromatic heterocycles.